The van der Waals surface area contributed by atoms with Crippen molar-refractivity contribution in [3.63, 3.8) is 0 Å². The van der Waals surface area contributed by atoms with Crippen LogP contribution in [0.2, 0.25) is 0 Å². The number of rotatable bonds is 6. The van der Waals surface area contributed by atoms with Crippen LogP contribution < -0.4 is 15.6 Å². The van der Waals surface area contributed by atoms with Gasteiger partial charge in [0.1, 0.15) is 5.75 Å². The van der Waals surface area contributed by atoms with Crippen LogP contribution in [0, 0.1) is 0 Å². The Morgan fingerprint density at radius 2 is 1.56 bits per heavy atom. The van der Waals surface area contributed by atoms with Crippen LogP contribution >= 0.6 is 0 Å². The Labute approximate surface area is 144 Å². The van der Waals surface area contributed by atoms with E-state index in [1.165, 1.54) is 24.3 Å². The van der Waals surface area contributed by atoms with Gasteiger partial charge < -0.3 is 9.84 Å². The van der Waals surface area contributed by atoms with Gasteiger partial charge in [-0.05, 0) is 30.7 Å². The monoisotopic (exact) mass is 342 g/mol. The molecule has 0 saturated heterocycles. The van der Waals surface area contributed by atoms with Gasteiger partial charge in [0.05, 0.1) is 11.1 Å². The van der Waals surface area contributed by atoms with Crippen molar-refractivity contribution < 1.29 is 24.2 Å². The molecular weight excluding hydrogens is 324 g/mol. The molecule has 2 amide bonds. The average molecular weight is 342 g/mol. The molecule has 7 heteroatoms. The lowest BCUT2D eigenvalue weighted by molar-refractivity contribution is -0.128. The first kappa shape index (κ1) is 18.0. The Hall–Kier alpha value is -3.35. The highest BCUT2D eigenvalue weighted by atomic mass is 16.5. The van der Waals surface area contributed by atoms with Gasteiger partial charge in [-0.15, -0.1) is 0 Å². The molecule has 0 heterocycles. The summed E-state index contributed by atoms with van der Waals surface area (Å²) in [4.78, 5) is 35.4. The van der Waals surface area contributed by atoms with Gasteiger partial charge in [0, 0.05) is 0 Å². The SMILES string of the molecule is CC[C@H](Oc1ccccc1)C(=O)NNC(=O)c1ccccc1C(=O)O. The number of carboxylic acids is 1. The number of benzene rings is 2. The summed E-state index contributed by atoms with van der Waals surface area (Å²) >= 11 is 0. The van der Waals surface area contributed by atoms with E-state index in [2.05, 4.69) is 10.9 Å². The van der Waals surface area contributed by atoms with Crippen LogP contribution in [0.1, 0.15) is 34.1 Å². The molecule has 0 bridgehead atoms. The van der Waals surface area contributed by atoms with Gasteiger partial charge >= 0.3 is 5.97 Å². The summed E-state index contributed by atoms with van der Waals surface area (Å²) in [5.74, 6) is -1.95. The van der Waals surface area contributed by atoms with E-state index >= 15 is 0 Å². The first-order valence-corrected chi connectivity index (χ1v) is 7.67. The second kappa shape index (κ2) is 8.49. The van der Waals surface area contributed by atoms with Crippen molar-refractivity contribution in [2.75, 3.05) is 0 Å². The average Bonchev–Trinajstić information content (AvgIpc) is 2.64. The van der Waals surface area contributed by atoms with Gasteiger partial charge in [-0.25, -0.2) is 4.79 Å². The van der Waals surface area contributed by atoms with Gasteiger partial charge in [0.15, 0.2) is 6.10 Å². The highest BCUT2D eigenvalue weighted by Gasteiger charge is 2.20. The molecule has 0 unspecified atom stereocenters. The van der Waals surface area contributed by atoms with Crippen molar-refractivity contribution in [1.82, 2.24) is 10.9 Å². The van der Waals surface area contributed by atoms with Crippen molar-refractivity contribution >= 4 is 17.8 Å². The fourth-order valence-corrected chi connectivity index (χ4v) is 2.12. The van der Waals surface area contributed by atoms with Crippen LogP contribution in [0.25, 0.3) is 0 Å². The maximum absolute atomic E-state index is 12.2. The van der Waals surface area contributed by atoms with Crippen molar-refractivity contribution in [3.8, 4) is 5.75 Å². The molecular formula is C18H18N2O5. The first-order valence-electron chi connectivity index (χ1n) is 7.67. The van der Waals surface area contributed by atoms with Crippen LogP contribution in [0.4, 0.5) is 0 Å². The molecule has 0 aliphatic rings. The number of hydrogen-bond donors (Lipinski definition) is 3. The molecule has 0 spiro atoms. The summed E-state index contributed by atoms with van der Waals surface area (Å²) in [5.41, 5.74) is 4.27. The van der Waals surface area contributed by atoms with Gasteiger partial charge in [-0.2, -0.15) is 0 Å². The zero-order valence-electron chi connectivity index (χ0n) is 13.6. The summed E-state index contributed by atoms with van der Waals surface area (Å²) in [6.45, 7) is 1.77. The molecule has 2 rings (SSSR count). The predicted molar refractivity (Wildman–Crippen MR) is 90.2 cm³/mol. The van der Waals surface area contributed by atoms with E-state index in [1.54, 1.807) is 31.2 Å². The Kier molecular flexibility index (Phi) is 6.11. The third-order valence-corrected chi connectivity index (χ3v) is 3.39. The van der Waals surface area contributed by atoms with Gasteiger partial charge in [-0.1, -0.05) is 37.3 Å². The van der Waals surface area contributed by atoms with Crippen molar-refractivity contribution in [2.24, 2.45) is 0 Å². The lowest BCUT2D eigenvalue weighted by atomic mass is 10.1. The molecule has 1 atom stereocenters. The van der Waals surface area contributed by atoms with E-state index in [4.69, 9.17) is 9.84 Å². The molecule has 7 nitrogen and oxygen atoms in total. The number of carboxylic acid groups (broad SMARTS) is 1. The lowest BCUT2D eigenvalue weighted by Crippen LogP contribution is -2.48. The molecule has 2 aromatic carbocycles. The van der Waals surface area contributed by atoms with E-state index in [0.717, 1.165) is 0 Å². The number of ether oxygens (including phenoxy) is 1. The standard InChI is InChI=1S/C18H18N2O5/c1-2-15(25-12-8-4-3-5-9-12)17(22)20-19-16(21)13-10-6-7-11-14(13)18(23)24/h3-11,15H,2H2,1H3,(H,19,21)(H,20,22)(H,23,24)/t15-/m0/s1. The maximum atomic E-state index is 12.2. The van der Waals surface area contributed by atoms with Crippen LogP contribution in [0.15, 0.2) is 54.6 Å². The van der Waals surface area contributed by atoms with E-state index in [9.17, 15) is 14.4 Å². The van der Waals surface area contributed by atoms with Crippen molar-refractivity contribution in [2.45, 2.75) is 19.4 Å². The number of amides is 2. The number of hydrazine groups is 1. The smallest absolute Gasteiger partial charge is 0.336 e. The number of carbonyl (C=O) groups is 3. The van der Waals surface area contributed by atoms with Crippen molar-refractivity contribution in [1.29, 1.82) is 0 Å². The Balaban J connectivity index is 1.98. The second-order valence-electron chi connectivity index (χ2n) is 5.12. The molecule has 0 fully saturated rings. The topological polar surface area (TPSA) is 105 Å². The summed E-state index contributed by atoms with van der Waals surface area (Å²) in [7, 11) is 0. The predicted octanol–water partition coefficient (Wildman–Crippen LogP) is 2.00. The molecule has 130 valence electrons. The second-order valence-corrected chi connectivity index (χ2v) is 5.12. The highest BCUT2D eigenvalue weighted by Crippen LogP contribution is 2.12. The lowest BCUT2D eigenvalue weighted by Gasteiger charge is -2.17. The van der Waals surface area contributed by atoms with Gasteiger partial charge in [0.2, 0.25) is 0 Å². The minimum atomic E-state index is -1.23. The molecule has 25 heavy (non-hydrogen) atoms. The minimum absolute atomic E-state index is 0.0488. The van der Waals surface area contributed by atoms with E-state index in [1.807, 2.05) is 6.07 Å². The third kappa shape index (κ3) is 4.81. The first-order chi connectivity index (χ1) is 12.0. The molecule has 0 saturated carbocycles. The van der Waals surface area contributed by atoms with Crippen LogP contribution in [-0.2, 0) is 4.79 Å². The number of carbonyl (C=O) groups excluding carboxylic acids is 2. The van der Waals surface area contributed by atoms with E-state index in [-0.39, 0.29) is 11.1 Å². The minimum Gasteiger partial charge on any atom is -0.481 e. The zero-order valence-corrected chi connectivity index (χ0v) is 13.6. The normalized spacial score (nSPS) is 11.2. The molecule has 0 aromatic heterocycles. The maximum Gasteiger partial charge on any atom is 0.336 e. The summed E-state index contributed by atoms with van der Waals surface area (Å²) in [6.07, 6.45) is -0.403. The Morgan fingerprint density at radius 1 is 0.960 bits per heavy atom. The van der Waals surface area contributed by atoms with Crippen molar-refractivity contribution in [3.05, 3.63) is 65.7 Å². The zero-order chi connectivity index (χ0) is 18.2. The summed E-state index contributed by atoms with van der Waals surface area (Å²) in [5, 5.41) is 9.10. The van der Waals surface area contributed by atoms with Crippen LogP contribution in [-0.4, -0.2) is 29.0 Å². The Morgan fingerprint density at radius 3 is 2.16 bits per heavy atom. The number of para-hydroxylation sites is 1. The van der Waals surface area contributed by atoms with Crippen LogP contribution in [0.3, 0.4) is 0 Å². The van der Waals surface area contributed by atoms with E-state index in [0.29, 0.717) is 12.2 Å². The fourth-order valence-electron chi connectivity index (χ4n) is 2.12. The van der Waals surface area contributed by atoms with Crippen LogP contribution in [0.5, 0.6) is 5.75 Å². The van der Waals surface area contributed by atoms with Gasteiger partial charge in [0.25, 0.3) is 11.8 Å². The largest absolute Gasteiger partial charge is 0.481 e. The van der Waals surface area contributed by atoms with E-state index < -0.39 is 23.9 Å². The summed E-state index contributed by atoms with van der Waals surface area (Å²) < 4.78 is 5.57. The molecule has 2 aromatic rings. The number of nitrogens with one attached hydrogen (secondary N) is 2. The molecule has 0 radical (unpaired) electrons. The molecule has 0 aliphatic carbocycles. The van der Waals surface area contributed by atoms with Gasteiger partial charge in [-0.3, -0.25) is 20.4 Å². The number of aromatic carboxylic acids is 1. The molecule has 0 aliphatic heterocycles. The quantitative estimate of drug-likeness (QED) is 0.697. The summed E-state index contributed by atoms with van der Waals surface area (Å²) in [6, 6.07) is 14.6. The third-order valence-electron chi connectivity index (χ3n) is 3.39. The highest BCUT2D eigenvalue weighted by molar-refractivity contribution is 6.05. The molecule has 3 N–H and O–H groups in total. The fraction of sp³-hybridized carbons (Fsp3) is 0.167. The Bertz CT molecular complexity index is 761. The number of hydrogen-bond acceptors (Lipinski definition) is 4.